The van der Waals surface area contributed by atoms with Crippen LogP contribution in [0.2, 0.25) is 0 Å². The van der Waals surface area contributed by atoms with Crippen LogP contribution >= 0.6 is 0 Å². The van der Waals surface area contributed by atoms with E-state index in [0.29, 0.717) is 13.0 Å². The number of aliphatic hydroxyl groups excluding tert-OH is 1. The molecule has 0 radical (unpaired) electrons. The molecular formula is C23H36N2O3. The molecule has 1 aliphatic rings. The normalized spacial score (nSPS) is 19.0. The Morgan fingerprint density at radius 1 is 1.14 bits per heavy atom. The first kappa shape index (κ1) is 22.7. The molecule has 0 spiro atoms. The molecule has 0 aromatic heterocycles. The molecule has 0 saturated carbocycles. The van der Waals surface area contributed by atoms with Crippen molar-refractivity contribution in [3.8, 4) is 0 Å². The minimum Gasteiger partial charge on any atom is -0.395 e. The van der Waals surface area contributed by atoms with Crippen molar-refractivity contribution in [3.63, 3.8) is 0 Å². The molecule has 1 saturated heterocycles. The molecule has 0 aliphatic carbocycles. The molecular weight excluding hydrogens is 352 g/mol. The van der Waals surface area contributed by atoms with Gasteiger partial charge in [-0.2, -0.15) is 0 Å². The summed E-state index contributed by atoms with van der Waals surface area (Å²) in [6, 6.07) is 8.02. The molecule has 1 heterocycles. The standard InChI is InChI=1S/C23H36N2O3/c1-5-21(27)19-10-8-18(9-11-19)7-6-12-25-14-13-24(15-20(25)17-26)16-22(28)23(2,3)4/h8-11,20,26H,5-7,12-17H2,1-4H3/t20-/m1/s1. The molecule has 2 rings (SSSR count). The van der Waals surface area contributed by atoms with Gasteiger partial charge in [-0.25, -0.2) is 0 Å². The van der Waals surface area contributed by atoms with Gasteiger partial charge in [0.15, 0.2) is 11.6 Å². The van der Waals surface area contributed by atoms with Gasteiger partial charge in [0.2, 0.25) is 0 Å². The zero-order valence-corrected chi connectivity index (χ0v) is 17.9. The Morgan fingerprint density at radius 2 is 1.82 bits per heavy atom. The predicted octanol–water partition coefficient (Wildman–Crippen LogP) is 2.81. The third kappa shape index (κ3) is 6.50. The molecule has 5 nitrogen and oxygen atoms in total. The van der Waals surface area contributed by atoms with Gasteiger partial charge in [0.25, 0.3) is 0 Å². The van der Waals surface area contributed by atoms with Gasteiger partial charge in [0.05, 0.1) is 13.2 Å². The van der Waals surface area contributed by atoms with E-state index in [-0.39, 0.29) is 29.6 Å². The number of carbonyl (C=O) groups excluding carboxylic acids is 2. The smallest absolute Gasteiger partial charge is 0.162 e. The molecule has 156 valence electrons. The van der Waals surface area contributed by atoms with Crippen molar-refractivity contribution in [1.82, 2.24) is 9.80 Å². The summed E-state index contributed by atoms with van der Waals surface area (Å²) >= 11 is 0. The van der Waals surface area contributed by atoms with Crippen LogP contribution in [0.15, 0.2) is 24.3 Å². The van der Waals surface area contributed by atoms with Gasteiger partial charge < -0.3 is 5.11 Å². The Morgan fingerprint density at radius 3 is 2.39 bits per heavy atom. The summed E-state index contributed by atoms with van der Waals surface area (Å²) in [5.74, 6) is 0.433. The molecule has 1 aromatic carbocycles. The SMILES string of the molecule is CCC(=O)c1ccc(CCCN2CCN(CC(=O)C(C)(C)C)C[C@@H]2CO)cc1. The van der Waals surface area contributed by atoms with E-state index in [1.54, 1.807) is 0 Å². The van der Waals surface area contributed by atoms with Crippen molar-refractivity contribution in [2.45, 2.75) is 53.0 Å². The van der Waals surface area contributed by atoms with Gasteiger partial charge in [-0.05, 0) is 24.9 Å². The van der Waals surface area contributed by atoms with Gasteiger partial charge in [-0.15, -0.1) is 0 Å². The summed E-state index contributed by atoms with van der Waals surface area (Å²) in [7, 11) is 0. The summed E-state index contributed by atoms with van der Waals surface area (Å²) in [5, 5.41) is 9.81. The van der Waals surface area contributed by atoms with Crippen LogP contribution in [0.4, 0.5) is 0 Å². The molecule has 0 bridgehead atoms. The number of Topliss-reactive ketones (excluding diaryl/α,β-unsaturated/α-hetero) is 2. The maximum absolute atomic E-state index is 12.3. The number of rotatable bonds is 9. The van der Waals surface area contributed by atoms with E-state index in [9.17, 15) is 14.7 Å². The Bertz CT molecular complexity index is 649. The molecule has 28 heavy (non-hydrogen) atoms. The zero-order valence-electron chi connectivity index (χ0n) is 17.9. The topological polar surface area (TPSA) is 60.9 Å². The van der Waals surface area contributed by atoms with Gasteiger partial charge in [0.1, 0.15) is 0 Å². The predicted molar refractivity (Wildman–Crippen MR) is 113 cm³/mol. The fourth-order valence-electron chi connectivity index (χ4n) is 3.56. The monoisotopic (exact) mass is 388 g/mol. The van der Waals surface area contributed by atoms with Crippen LogP contribution in [0.25, 0.3) is 0 Å². The quantitative estimate of drug-likeness (QED) is 0.659. The van der Waals surface area contributed by atoms with Gasteiger partial charge in [-0.3, -0.25) is 19.4 Å². The van der Waals surface area contributed by atoms with Crippen molar-refractivity contribution >= 4 is 11.6 Å². The van der Waals surface area contributed by atoms with Crippen molar-refractivity contribution in [2.24, 2.45) is 5.41 Å². The number of carbonyl (C=O) groups is 2. The summed E-state index contributed by atoms with van der Waals surface area (Å²) in [4.78, 5) is 28.5. The van der Waals surface area contributed by atoms with Crippen molar-refractivity contribution < 1.29 is 14.7 Å². The van der Waals surface area contributed by atoms with Gasteiger partial charge >= 0.3 is 0 Å². The lowest BCUT2D eigenvalue weighted by molar-refractivity contribution is -0.128. The van der Waals surface area contributed by atoms with Crippen molar-refractivity contribution in [1.29, 1.82) is 0 Å². The Labute approximate surface area is 169 Å². The highest BCUT2D eigenvalue weighted by Crippen LogP contribution is 2.18. The second-order valence-corrected chi connectivity index (χ2v) is 8.86. The van der Waals surface area contributed by atoms with E-state index >= 15 is 0 Å². The highest BCUT2D eigenvalue weighted by molar-refractivity contribution is 5.95. The van der Waals surface area contributed by atoms with Crippen LogP contribution in [-0.4, -0.2) is 71.8 Å². The number of aryl methyl sites for hydroxylation is 1. The van der Waals surface area contributed by atoms with Crippen LogP contribution in [0.3, 0.4) is 0 Å². The molecule has 1 fully saturated rings. The van der Waals surface area contributed by atoms with Gasteiger partial charge in [0, 0.05) is 43.1 Å². The Balaban J connectivity index is 1.80. The molecule has 0 amide bonds. The number of benzene rings is 1. The van der Waals surface area contributed by atoms with E-state index in [2.05, 4.69) is 9.80 Å². The van der Waals surface area contributed by atoms with Crippen LogP contribution in [0, 0.1) is 5.41 Å². The molecule has 5 heteroatoms. The van der Waals surface area contributed by atoms with E-state index < -0.39 is 0 Å². The average molecular weight is 389 g/mol. The second-order valence-electron chi connectivity index (χ2n) is 8.86. The average Bonchev–Trinajstić information content (AvgIpc) is 2.68. The number of aliphatic hydroxyl groups is 1. The molecule has 1 aliphatic heterocycles. The minimum absolute atomic E-state index is 0.0890. The van der Waals surface area contributed by atoms with Gasteiger partial charge in [-0.1, -0.05) is 52.0 Å². The van der Waals surface area contributed by atoms with Crippen LogP contribution in [0.1, 0.15) is 56.5 Å². The lowest BCUT2D eigenvalue weighted by Gasteiger charge is -2.41. The summed E-state index contributed by atoms with van der Waals surface area (Å²) in [5.41, 5.74) is 1.71. The highest BCUT2D eigenvalue weighted by Gasteiger charge is 2.29. The molecule has 0 unspecified atom stereocenters. The Kier molecular flexibility index (Phi) is 8.35. The third-order valence-corrected chi connectivity index (χ3v) is 5.61. The minimum atomic E-state index is -0.316. The van der Waals surface area contributed by atoms with E-state index in [0.717, 1.165) is 44.6 Å². The van der Waals surface area contributed by atoms with Crippen LogP contribution < -0.4 is 0 Å². The summed E-state index contributed by atoms with van der Waals surface area (Å²) < 4.78 is 0. The molecule has 1 aromatic rings. The largest absolute Gasteiger partial charge is 0.395 e. The highest BCUT2D eigenvalue weighted by atomic mass is 16.3. The summed E-state index contributed by atoms with van der Waals surface area (Å²) in [6.07, 6.45) is 2.51. The van der Waals surface area contributed by atoms with E-state index in [1.165, 1.54) is 5.56 Å². The number of ketones is 2. The number of piperazine rings is 1. The first-order chi connectivity index (χ1) is 13.2. The maximum atomic E-state index is 12.3. The Hall–Kier alpha value is -1.56. The maximum Gasteiger partial charge on any atom is 0.162 e. The van der Waals surface area contributed by atoms with Crippen molar-refractivity contribution in [2.75, 3.05) is 39.3 Å². The number of hydrogen-bond acceptors (Lipinski definition) is 5. The lowest BCUT2D eigenvalue weighted by Crippen LogP contribution is -2.56. The molecule has 1 atom stereocenters. The van der Waals surface area contributed by atoms with E-state index in [1.807, 2.05) is 52.0 Å². The first-order valence-electron chi connectivity index (χ1n) is 10.5. The van der Waals surface area contributed by atoms with Crippen molar-refractivity contribution in [3.05, 3.63) is 35.4 Å². The first-order valence-corrected chi connectivity index (χ1v) is 10.5. The molecule has 1 N–H and O–H groups in total. The zero-order chi connectivity index (χ0) is 20.7. The summed E-state index contributed by atoms with van der Waals surface area (Å²) in [6.45, 7) is 11.8. The number of nitrogens with zero attached hydrogens (tertiary/aromatic N) is 2. The number of hydrogen-bond donors (Lipinski definition) is 1. The lowest BCUT2D eigenvalue weighted by atomic mass is 9.90. The van der Waals surface area contributed by atoms with E-state index in [4.69, 9.17) is 0 Å². The second kappa shape index (κ2) is 10.3. The van der Waals surface area contributed by atoms with Crippen LogP contribution in [-0.2, 0) is 11.2 Å². The fraction of sp³-hybridized carbons (Fsp3) is 0.652. The third-order valence-electron chi connectivity index (χ3n) is 5.61. The van der Waals surface area contributed by atoms with Crippen LogP contribution in [0.5, 0.6) is 0 Å². The fourth-order valence-corrected chi connectivity index (χ4v) is 3.56.